The van der Waals surface area contributed by atoms with E-state index in [0.29, 0.717) is 25.4 Å². The Morgan fingerprint density at radius 3 is 2.58 bits per heavy atom. The van der Waals surface area contributed by atoms with Crippen LogP contribution in [0.4, 0.5) is 0 Å². The Labute approximate surface area is 144 Å². The lowest BCUT2D eigenvalue weighted by atomic mass is 9.58. The second kappa shape index (κ2) is 6.82. The fourth-order valence-electron chi connectivity index (χ4n) is 4.99. The highest BCUT2D eigenvalue weighted by atomic mass is 16.8. The molecule has 3 aliphatic rings. The van der Waals surface area contributed by atoms with Gasteiger partial charge in [0.25, 0.3) is 0 Å². The Balaban J connectivity index is 1.88. The van der Waals surface area contributed by atoms with E-state index in [1.54, 1.807) is 6.92 Å². The van der Waals surface area contributed by atoms with Gasteiger partial charge in [-0.05, 0) is 44.4 Å². The zero-order valence-electron chi connectivity index (χ0n) is 15.0. The van der Waals surface area contributed by atoms with Gasteiger partial charge in [-0.15, -0.1) is 0 Å². The van der Waals surface area contributed by atoms with E-state index < -0.39 is 24.0 Å². The Morgan fingerprint density at radius 1 is 1.12 bits per heavy atom. The zero-order valence-corrected chi connectivity index (χ0v) is 15.0. The lowest BCUT2D eigenvalue weighted by molar-refractivity contribution is -0.408. The summed E-state index contributed by atoms with van der Waals surface area (Å²) in [5.74, 6) is -0.833. The number of aliphatic hydroxyl groups is 3. The van der Waals surface area contributed by atoms with Crippen LogP contribution in [-0.4, -0.2) is 52.5 Å². The van der Waals surface area contributed by atoms with Crippen molar-refractivity contribution in [2.24, 2.45) is 23.7 Å². The van der Waals surface area contributed by atoms with Crippen molar-refractivity contribution in [3.63, 3.8) is 0 Å². The zero-order chi connectivity index (χ0) is 17.5. The highest BCUT2D eigenvalue weighted by Crippen LogP contribution is 2.55. The largest absolute Gasteiger partial charge is 0.396 e. The van der Waals surface area contributed by atoms with E-state index in [1.807, 2.05) is 0 Å². The maximum atomic E-state index is 11.7. The molecule has 0 spiro atoms. The standard InChI is InChI=1S/C18H32O6/c1-11-5-6-14-12(2)15(22-10-4-9-19)23-16-18(14,21)13(11)7-8-17(3,20)24-16/h11-16,19-21H,4-10H2,1-3H3/t11-,12-,13?,14?,15?,16-,17+,18-/m1/s1. The summed E-state index contributed by atoms with van der Waals surface area (Å²) in [6, 6.07) is 0. The fraction of sp³-hybridized carbons (Fsp3) is 1.00. The van der Waals surface area contributed by atoms with Crippen molar-refractivity contribution in [2.45, 2.75) is 76.8 Å². The molecular weight excluding hydrogens is 312 g/mol. The van der Waals surface area contributed by atoms with Gasteiger partial charge < -0.3 is 29.5 Å². The molecule has 3 rings (SSSR count). The maximum Gasteiger partial charge on any atom is 0.193 e. The van der Waals surface area contributed by atoms with Crippen LogP contribution in [0.2, 0.25) is 0 Å². The molecule has 0 radical (unpaired) electrons. The molecule has 6 heteroatoms. The predicted molar refractivity (Wildman–Crippen MR) is 86.8 cm³/mol. The second-order valence-corrected chi connectivity index (χ2v) is 8.13. The summed E-state index contributed by atoms with van der Waals surface area (Å²) in [4.78, 5) is 0. The van der Waals surface area contributed by atoms with Gasteiger partial charge in [-0.1, -0.05) is 13.8 Å². The molecule has 0 aromatic rings. The monoisotopic (exact) mass is 344 g/mol. The fourth-order valence-corrected chi connectivity index (χ4v) is 4.99. The molecule has 1 saturated carbocycles. The molecule has 140 valence electrons. The van der Waals surface area contributed by atoms with Crippen LogP contribution in [0.25, 0.3) is 0 Å². The third kappa shape index (κ3) is 3.13. The van der Waals surface area contributed by atoms with Gasteiger partial charge in [0.2, 0.25) is 0 Å². The minimum atomic E-state index is -1.31. The van der Waals surface area contributed by atoms with Gasteiger partial charge in [0.05, 0.1) is 6.61 Å². The smallest absolute Gasteiger partial charge is 0.193 e. The molecule has 3 N–H and O–H groups in total. The van der Waals surface area contributed by atoms with Crippen LogP contribution in [0.15, 0.2) is 0 Å². The lowest BCUT2D eigenvalue weighted by Crippen LogP contribution is -2.67. The van der Waals surface area contributed by atoms with E-state index in [4.69, 9.17) is 19.3 Å². The van der Waals surface area contributed by atoms with Crippen LogP contribution in [0, 0.1) is 23.7 Å². The van der Waals surface area contributed by atoms with Crippen LogP contribution in [-0.2, 0) is 14.2 Å². The molecule has 6 nitrogen and oxygen atoms in total. The maximum absolute atomic E-state index is 11.7. The molecule has 2 heterocycles. The van der Waals surface area contributed by atoms with Crippen molar-refractivity contribution in [3.8, 4) is 0 Å². The first-order valence-corrected chi connectivity index (χ1v) is 9.30. The van der Waals surface area contributed by atoms with Crippen molar-refractivity contribution in [3.05, 3.63) is 0 Å². The SMILES string of the molecule is C[C@H]1C(OCCCO)O[C@@H]2O[C@](C)(O)CCC3[C@H](C)CCC1[C@]32O. The molecule has 0 aromatic heterocycles. The molecule has 1 aliphatic carbocycles. The quantitative estimate of drug-likeness (QED) is 0.672. The van der Waals surface area contributed by atoms with Crippen molar-refractivity contribution in [2.75, 3.05) is 13.2 Å². The normalized spacial score (nSPS) is 51.8. The molecule has 8 atom stereocenters. The minimum Gasteiger partial charge on any atom is -0.396 e. The number of hydrogen-bond acceptors (Lipinski definition) is 6. The van der Waals surface area contributed by atoms with Crippen molar-refractivity contribution >= 4 is 0 Å². The molecule has 3 fully saturated rings. The summed E-state index contributed by atoms with van der Waals surface area (Å²) < 4.78 is 17.6. The summed E-state index contributed by atoms with van der Waals surface area (Å²) >= 11 is 0. The van der Waals surface area contributed by atoms with Crippen LogP contribution >= 0.6 is 0 Å². The van der Waals surface area contributed by atoms with Gasteiger partial charge in [-0.25, -0.2) is 0 Å². The Morgan fingerprint density at radius 2 is 1.88 bits per heavy atom. The van der Waals surface area contributed by atoms with Gasteiger partial charge in [-0.2, -0.15) is 0 Å². The summed E-state index contributed by atoms with van der Waals surface area (Å²) in [5, 5.41) is 31.1. The molecule has 2 saturated heterocycles. The van der Waals surface area contributed by atoms with Gasteiger partial charge >= 0.3 is 0 Å². The van der Waals surface area contributed by atoms with Crippen molar-refractivity contribution < 1.29 is 29.5 Å². The number of aliphatic hydroxyl groups excluding tert-OH is 1. The molecule has 24 heavy (non-hydrogen) atoms. The first-order valence-electron chi connectivity index (χ1n) is 9.30. The average Bonchev–Trinajstić information content (AvgIpc) is 2.61. The Bertz CT molecular complexity index is 441. The van der Waals surface area contributed by atoms with E-state index in [0.717, 1.165) is 19.3 Å². The van der Waals surface area contributed by atoms with Crippen LogP contribution in [0.5, 0.6) is 0 Å². The molecule has 0 amide bonds. The van der Waals surface area contributed by atoms with Crippen molar-refractivity contribution in [1.82, 2.24) is 0 Å². The van der Waals surface area contributed by atoms with E-state index >= 15 is 0 Å². The van der Waals surface area contributed by atoms with E-state index in [1.165, 1.54) is 0 Å². The third-order valence-electron chi connectivity index (χ3n) is 6.37. The highest BCUT2D eigenvalue weighted by molar-refractivity contribution is 5.06. The van der Waals surface area contributed by atoms with Crippen LogP contribution < -0.4 is 0 Å². The van der Waals surface area contributed by atoms with E-state index in [-0.39, 0.29) is 24.4 Å². The van der Waals surface area contributed by atoms with E-state index in [2.05, 4.69) is 13.8 Å². The highest BCUT2D eigenvalue weighted by Gasteiger charge is 2.63. The second-order valence-electron chi connectivity index (χ2n) is 8.13. The number of hydrogen-bond donors (Lipinski definition) is 3. The van der Waals surface area contributed by atoms with Crippen molar-refractivity contribution in [1.29, 1.82) is 0 Å². The summed E-state index contributed by atoms with van der Waals surface area (Å²) in [7, 11) is 0. The first-order chi connectivity index (χ1) is 11.3. The molecule has 0 aromatic carbocycles. The van der Waals surface area contributed by atoms with Crippen LogP contribution in [0.1, 0.15) is 52.9 Å². The minimum absolute atomic E-state index is 0.0190. The molecule has 2 aliphatic heterocycles. The van der Waals surface area contributed by atoms with Crippen LogP contribution in [0.3, 0.4) is 0 Å². The first kappa shape index (κ1) is 18.5. The summed E-state index contributed by atoms with van der Waals surface area (Å²) in [6.45, 7) is 6.34. The Kier molecular flexibility index (Phi) is 5.27. The number of ether oxygens (including phenoxy) is 3. The molecule has 0 bridgehead atoms. The predicted octanol–water partition coefficient (Wildman–Crippen LogP) is 1.62. The van der Waals surface area contributed by atoms with Gasteiger partial charge in [0.1, 0.15) is 5.60 Å². The van der Waals surface area contributed by atoms with Gasteiger partial charge in [0, 0.05) is 24.9 Å². The summed E-state index contributed by atoms with van der Waals surface area (Å²) in [5.41, 5.74) is -1.09. The number of rotatable bonds is 4. The lowest BCUT2D eigenvalue weighted by Gasteiger charge is -2.57. The molecule has 3 unspecified atom stereocenters. The van der Waals surface area contributed by atoms with E-state index in [9.17, 15) is 10.2 Å². The average molecular weight is 344 g/mol. The molecular formula is C18H32O6. The van der Waals surface area contributed by atoms with Gasteiger partial charge in [0.15, 0.2) is 18.4 Å². The third-order valence-corrected chi connectivity index (χ3v) is 6.37. The Hall–Kier alpha value is -0.240. The van der Waals surface area contributed by atoms with Gasteiger partial charge in [-0.3, -0.25) is 0 Å². The topological polar surface area (TPSA) is 88.4 Å². The summed E-state index contributed by atoms with van der Waals surface area (Å²) in [6.07, 6.45) is 2.34.